The van der Waals surface area contributed by atoms with Gasteiger partial charge in [-0.25, -0.2) is 4.42 Å². The molecule has 4 nitrogen and oxygen atoms in total. The van der Waals surface area contributed by atoms with E-state index in [0.717, 1.165) is 10.1 Å². The van der Waals surface area contributed by atoms with Gasteiger partial charge in [0.2, 0.25) is 0 Å². The maximum Gasteiger partial charge on any atom is 3.00 e. The van der Waals surface area contributed by atoms with Crippen LogP contribution in [0, 0.1) is 34.6 Å². The van der Waals surface area contributed by atoms with E-state index in [0.29, 0.717) is 11.4 Å². The van der Waals surface area contributed by atoms with Crippen LogP contribution in [0.3, 0.4) is 0 Å². The maximum absolute atomic E-state index is 12.1. The molecule has 0 N–H and O–H groups in total. The molecule has 160 valence electrons. The molecule has 30 heavy (non-hydrogen) atoms. The Morgan fingerprint density at radius 2 is 1.40 bits per heavy atom. The minimum absolute atomic E-state index is 0. The van der Waals surface area contributed by atoms with Crippen molar-refractivity contribution in [2.45, 2.75) is 34.6 Å². The summed E-state index contributed by atoms with van der Waals surface area (Å²) in [7, 11) is 3.90. The fraction of sp³-hybridized carbons (Fsp3) is 0.292. The second kappa shape index (κ2) is 11.4. The molecule has 1 heterocycles. The average Bonchev–Trinajstić information content (AvgIpc) is 2.91. The summed E-state index contributed by atoms with van der Waals surface area (Å²) in [6.07, 6.45) is 1.56. The van der Waals surface area contributed by atoms with Crippen LogP contribution >= 0.6 is 11.8 Å². The first-order chi connectivity index (χ1) is 13.6. The molecule has 3 aromatic rings. The van der Waals surface area contributed by atoms with Gasteiger partial charge in [0.05, 0.1) is 5.69 Å². The molecule has 0 spiro atoms. The van der Waals surface area contributed by atoms with Gasteiger partial charge in [-0.15, -0.1) is 0 Å². The third-order valence-electron chi connectivity index (χ3n) is 5.47. The zero-order valence-corrected chi connectivity index (χ0v) is 21.7. The van der Waals surface area contributed by atoms with Gasteiger partial charge in [0.25, 0.3) is 5.91 Å². The van der Waals surface area contributed by atoms with Crippen molar-refractivity contribution in [3.05, 3.63) is 82.2 Å². The van der Waals surface area contributed by atoms with Crippen LogP contribution in [0.1, 0.15) is 38.3 Å². The van der Waals surface area contributed by atoms with E-state index in [-0.39, 0.29) is 26.0 Å². The van der Waals surface area contributed by atoms with Crippen molar-refractivity contribution in [2.24, 2.45) is 0 Å². The van der Waals surface area contributed by atoms with Crippen molar-refractivity contribution < 1.29 is 24.9 Å². The summed E-state index contributed by atoms with van der Waals surface area (Å²) in [6, 6.07) is 12.5. The molecular weight excluding hydrogens is 574 g/mol. The van der Waals surface area contributed by atoms with E-state index in [1.165, 1.54) is 27.8 Å². The molecule has 0 atom stereocenters. The predicted molar refractivity (Wildman–Crippen MR) is 123 cm³/mol. The summed E-state index contributed by atoms with van der Waals surface area (Å²) in [5, 5.41) is 0. The van der Waals surface area contributed by atoms with Crippen LogP contribution in [0.2, 0.25) is 0 Å². The summed E-state index contributed by atoms with van der Waals surface area (Å²) < 4.78 is 1.07. The third kappa shape index (κ3) is 5.98. The minimum Gasteiger partial charge on any atom is -0.378 e. The Bertz CT molecular complexity index is 886. The first-order valence-electron chi connectivity index (χ1n) is 9.53. The van der Waals surface area contributed by atoms with Gasteiger partial charge in [-0.1, -0.05) is 40.7 Å². The standard InChI is InChI=1S/C14H14ClN3O.C10H15.Ir/c1-17(2)11-6-8-12(9-7-11)18(15)14(19)13-5-3-4-10-16-13;1-6-7(2)9(4)10(5)8(6)3;/h3-10H,1-2H3;1-5H3;/q;-1;+3. The molecule has 0 bridgehead atoms. The van der Waals surface area contributed by atoms with Crippen LogP contribution in [-0.2, 0) is 20.1 Å². The smallest absolute Gasteiger partial charge is 0.378 e. The Labute approximate surface area is 198 Å². The Morgan fingerprint density at radius 1 is 0.900 bits per heavy atom. The fourth-order valence-corrected chi connectivity index (χ4v) is 3.19. The summed E-state index contributed by atoms with van der Waals surface area (Å²) in [6.45, 7) is 11.0. The van der Waals surface area contributed by atoms with E-state index in [1.807, 2.05) is 31.1 Å². The average molecular weight is 603 g/mol. The van der Waals surface area contributed by atoms with Crippen LogP contribution in [0.4, 0.5) is 11.4 Å². The van der Waals surface area contributed by atoms with Gasteiger partial charge in [0, 0.05) is 37.8 Å². The zero-order chi connectivity index (χ0) is 21.7. The molecule has 0 unspecified atom stereocenters. The second-order valence-corrected chi connectivity index (χ2v) is 7.67. The molecule has 6 heteroatoms. The van der Waals surface area contributed by atoms with E-state index in [2.05, 4.69) is 39.6 Å². The van der Waals surface area contributed by atoms with Crippen LogP contribution < -0.4 is 9.32 Å². The summed E-state index contributed by atoms with van der Waals surface area (Å²) in [5.41, 5.74) is 9.31. The Morgan fingerprint density at radius 3 is 1.77 bits per heavy atom. The quantitative estimate of drug-likeness (QED) is 0.277. The molecule has 1 aromatic heterocycles. The largest absolute Gasteiger partial charge is 3.00 e. The van der Waals surface area contributed by atoms with E-state index in [9.17, 15) is 4.79 Å². The first kappa shape index (κ1) is 26.0. The number of anilines is 2. The van der Waals surface area contributed by atoms with E-state index in [4.69, 9.17) is 11.8 Å². The number of carbonyl (C=O) groups is 1. The molecule has 0 aliphatic rings. The monoisotopic (exact) mass is 603 g/mol. The number of amides is 1. The molecule has 0 radical (unpaired) electrons. The van der Waals surface area contributed by atoms with Gasteiger partial charge < -0.3 is 4.90 Å². The van der Waals surface area contributed by atoms with Crippen LogP contribution in [0.15, 0.2) is 48.7 Å². The number of hydrogen-bond donors (Lipinski definition) is 0. The third-order valence-corrected chi connectivity index (χ3v) is 5.82. The van der Waals surface area contributed by atoms with Crippen LogP contribution in [0.5, 0.6) is 0 Å². The number of carbonyl (C=O) groups excluding carboxylic acids is 1. The number of benzene rings is 1. The summed E-state index contributed by atoms with van der Waals surface area (Å²) in [5.74, 6) is -0.347. The van der Waals surface area contributed by atoms with Gasteiger partial charge in [0.1, 0.15) is 5.69 Å². The molecule has 0 saturated heterocycles. The van der Waals surface area contributed by atoms with Crippen LogP contribution in [0.25, 0.3) is 0 Å². The van der Waals surface area contributed by atoms with Gasteiger partial charge in [0.15, 0.2) is 0 Å². The van der Waals surface area contributed by atoms with Crippen molar-refractivity contribution in [1.82, 2.24) is 4.98 Å². The van der Waals surface area contributed by atoms with E-state index >= 15 is 0 Å². The van der Waals surface area contributed by atoms with Gasteiger partial charge >= 0.3 is 20.1 Å². The minimum atomic E-state index is -0.347. The van der Waals surface area contributed by atoms with Crippen molar-refractivity contribution in [3.8, 4) is 0 Å². The molecular formula is C24H29ClIrN3O+2. The second-order valence-electron chi connectivity index (χ2n) is 7.34. The van der Waals surface area contributed by atoms with Gasteiger partial charge in [-0.3, -0.25) is 9.78 Å². The molecule has 3 rings (SSSR count). The van der Waals surface area contributed by atoms with Gasteiger partial charge in [-0.2, -0.15) is 27.8 Å². The van der Waals surface area contributed by atoms with Gasteiger partial charge in [-0.05, 0) is 36.4 Å². The number of pyridine rings is 1. The van der Waals surface area contributed by atoms with Crippen molar-refractivity contribution in [2.75, 3.05) is 23.4 Å². The molecule has 0 saturated carbocycles. The molecule has 0 fully saturated rings. The number of nitrogens with zero attached hydrogens (tertiary/aromatic N) is 3. The van der Waals surface area contributed by atoms with E-state index < -0.39 is 0 Å². The number of halogens is 1. The Balaban J connectivity index is 0.000000348. The van der Waals surface area contributed by atoms with Crippen LogP contribution in [-0.4, -0.2) is 25.0 Å². The SMILES string of the molecule is CN(C)c1ccc(N(Cl)C(=O)c2ccccn2)cc1.Cc1c(C)c(C)[c-](C)c1C.[Ir+3]. The Hall–Kier alpha value is -2.07. The number of rotatable bonds is 3. The molecule has 2 aromatic carbocycles. The number of aromatic nitrogens is 1. The summed E-state index contributed by atoms with van der Waals surface area (Å²) in [4.78, 5) is 18.0. The molecule has 1 amide bonds. The molecule has 0 aliphatic carbocycles. The first-order valence-corrected chi connectivity index (χ1v) is 9.87. The van der Waals surface area contributed by atoms with Crippen molar-refractivity contribution in [3.63, 3.8) is 0 Å². The molecule has 0 aliphatic heterocycles. The van der Waals surface area contributed by atoms with Crippen molar-refractivity contribution in [1.29, 1.82) is 0 Å². The Kier molecular flexibility index (Phi) is 9.83. The number of hydrogen-bond acceptors (Lipinski definition) is 3. The zero-order valence-electron chi connectivity index (χ0n) is 18.6. The summed E-state index contributed by atoms with van der Waals surface area (Å²) >= 11 is 6.05. The fourth-order valence-electron chi connectivity index (χ4n) is 2.99. The van der Waals surface area contributed by atoms with E-state index in [1.54, 1.807) is 36.5 Å². The topological polar surface area (TPSA) is 36.4 Å². The predicted octanol–water partition coefficient (Wildman–Crippen LogP) is 5.89. The normalized spacial score (nSPS) is 9.87. The maximum atomic E-state index is 12.1. The van der Waals surface area contributed by atoms with Crippen molar-refractivity contribution >= 4 is 29.1 Å².